The zero-order chi connectivity index (χ0) is 17.5. The van der Waals surface area contributed by atoms with Crippen LogP contribution in [0.1, 0.15) is 29.2 Å². The van der Waals surface area contributed by atoms with Gasteiger partial charge in [-0.15, -0.1) is 0 Å². The molecule has 2 N–H and O–H groups in total. The molecule has 0 unspecified atom stereocenters. The zero-order valence-electron chi connectivity index (χ0n) is 14.2. The molecular weight excluding hydrogens is 304 g/mol. The Balaban J connectivity index is 1.98. The van der Waals surface area contributed by atoms with Crippen molar-refractivity contribution in [2.45, 2.75) is 27.2 Å². The van der Waals surface area contributed by atoms with Crippen molar-refractivity contribution < 1.29 is 14.6 Å². The molecule has 2 aromatic rings. The number of hydrazone groups is 1. The first-order valence-electron chi connectivity index (χ1n) is 7.83. The third-order valence-electron chi connectivity index (χ3n) is 3.55. The molecule has 0 saturated heterocycles. The number of nitrogens with one attached hydrogen (secondary N) is 1. The van der Waals surface area contributed by atoms with E-state index in [9.17, 15) is 9.90 Å². The molecule has 126 valence electrons. The maximum atomic E-state index is 12.0. The van der Waals surface area contributed by atoms with Gasteiger partial charge in [0.2, 0.25) is 5.91 Å². The number of carbonyl (C=O) groups is 1. The van der Waals surface area contributed by atoms with Crippen LogP contribution in [-0.2, 0) is 11.2 Å². The summed E-state index contributed by atoms with van der Waals surface area (Å²) in [6.45, 7) is 6.42. The second-order valence-corrected chi connectivity index (χ2v) is 5.55. The maximum absolute atomic E-state index is 12.0. The Bertz CT molecular complexity index is 754. The Kier molecular flexibility index (Phi) is 5.95. The summed E-state index contributed by atoms with van der Waals surface area (Å²) in [5.74, 6) is 0.503. The molecule has 0 aromatic heterocycles. The van der Waals surface area contributed by atoms with Crippen molar-refractivity contribution in [3.05, 3.63) is 58.7 Å². The number of carbonyl (C=O) groups excluding carboxylic acids is 1. The van der Waals surface area contributed by atoms with Crippen LogP contribution in [0.5, 0.6) is 11.5 Å². The quantitative estimate of drug-likeness (QED) is 0.633. The van der Waals surface area contributed by atoms with Gasteiger partial charge < -0.3 is 9.84 Å². The number of ether oxygens (including phenoxy) is 1. The van der Waals surface area contributed by atoms with Crippen LogP contribution in [0.3, 0.4) is 0 Å². The van der Waals surface area contributed by atoms with E-state index in [0.717, 1.165) is 11.1 Å². The van der Waals surface area contributed by atoms with E-state index in [1.54, 1.807) is 12.1 Å². The van der Waals surface area contributed by atoms with Gasteiger partial charge >= 0.3 is 0 Å². The number of aromatic hydroxyl groups is 1. The summed E-state index contributed by atoms with van der Waals surface area (Å²) in [6, 6.07) is 10.8. The molecule has 0 atom stereocenters. The fourth-order valence-electron chi connectivity index (χ4n) is 2.32. The highest BCUT2D eigenvalue weighted by atomic mass is 16.5. The van der Waals surface area contributed by atoms with Crippen LogP contribution in [0, 0.1) is 13.8 Å². The summed E-state index contributed by atoms with van der Waals surface area (Å²) in [5.41, 5.74) is 6.17. The topological polar surface area (TPSA) is 70.9 Å². The third-order valence-corrected chi connectivity index (χ3v) is 3.55. The van der Waals surface area contributed by atoms with Crippen LogP contribution in [0.4, 0.5) is 0 Å². The Morgan fingerprint density at radius 1 is 1.25 bits per heavy atom. The fourth-order valence-corrected chi connectivity index (χ4v) is 2.32. The van der Waals surface area contributed by atoms with E-state index in [0.29, 0.717) is 17.9 Å². The minimum absolute atomic E-state index is 0.0748. The van der Waals surface area contributed by atoms with Crippen molar-refractivity contribution in [2.24, 2.45) is 5.10 Å². The number of nitrogens with zero attached hydrogens (tertiary/aromatic N) is 1. The second kappa shape index (κ2) is 8.15. The van der Waals surface area contributed by atoms with E-state index in [1.807, 2.05) is 39.0 Å². The number of benzene rings is 2. The molecule has 24 heavy (non-hydrogen) atoms. The molecule has 0 bridgehead atoms. The van der Waals surface area contributed by atoms with Gasteiger partial charge in [-0.3, -0.25) is 4.79 Å². The minimum atomic E-state index is -0.210. The largest absolute Gasteiger partial charge is 0.507 e. The fraction of sp³-hybridized carbons (Fsp3) is 0.263. The van der Waals surface area contributed by atoms with Crippen molar-refractivity contribution in [2.75, 3.05) is 6.61 Å². The van der Waals surface area contributed by atoms with Gasteiger partial charge in [0.05, 0.1) is 19.2 Å². The Morgan fingerprint density at radius 3 is 2.75 bits per heavy atom. The minimum Gasteiger partial charge on any atom is -0.507 e. The van der Waals surface area contributed by atoms with Crippen LogP contribution >= 0.6 is 0 Å². The van der Waals surface area contributed by atoms with Crippen LogP contribution < -0.4 is 10.2 Å². The molecule has 5 nitrogen and oxygen atoms in total. The smallest absolute Gasteiger partial charge is 0.244 e. The highest BCUT2D eigenvalue weighted by Crippen LogP contribution is 2.21. The summed E-state index contributed by atoms with van der Waals surface area (Å²) in [7, 11) is 0. The lowest BCUT2D eigenvalue weighted by Gasteiger charge is -2.06. The monoisotopic (exact) mass is 326 g/mol. The number of phenolic OH excluding ortho intramolecular Hbond substituents is 1. The van der Waals surface area contributed by atoms with Crippen LogP contribution in [0.15, 0.2) is 41.5 Å². The number of hydrogen-bond donors (Lipinski definition) is 2. The Hall–Kier alpha value is -2.82. The molecule has 0 aliphatic rings. The first-order valence-corrected chi connectivity index (χ1v) is 7.83. The second-order valence-electron chi connectivity index (χ2n) is 5.55. The normalized spacial score (nSPS) is 10.8. The molecule has 2 aromatic carbocycles. The van der Waals surface area contributed by atoms with Gasteiger partial charge in [0.15, 0.2) is 0 Å². The van der Waals surface area contributed by atoms with E-state index in [2.05, 4.69) is 10.5 Å². The lowest BCUT2D eigenvalue weighted by Crippen LogP contribution is -2.20. The van der Waals surface area contributed by atoms with E-state index in [1.165, 1.54) is 17.8 Å². The number of aryl methyl sites for hydroxylation is 2. The Labute approximate surface area is 142 Å². The lowest BCUT2D eigenvalue weighted by molar-refractivity contribution is -0.120. The predicted molar refractivity (Wildman–Crippen MR) is 94.6 cm³/mol. The van der Waals surface area contributed by atoms with Crippen LogP contribution in [0.2, 0.25) is 0 Å². The number of rotatable bonds is 6. The van der Waals surface area contributed by atoms with Gasteiger partial charge in [-0.2, -0.15) is 5.10 Å². The summed E-state index contributed by atoms with van der Waals surface area (Å²) < 4.78 is 5.37. The molecular formula is C19H22N2O3. The SMILES string of the molecule is CCOc1ccc(O)c(/C=N/NC(=O)Cc2ccc(C)cc2C)c1. The molecule has 0 fully saturated rings. The van der Waals surface area contributed by atoms with Crippen molar-refractivity contribution in [1.29, 1.82) is 0 Å². The van der Waals surface area contributed by atoms with E-state index in [4.69, 9.17) is 4.74 Å². The van der Waals surface area contributed by atoms with E-state index < -0.39 is 0 Å². The zero-order valence-corrected chi connectivity index (χ0v) is 14.2. The lowest BCUT2D eigenvalue weighted by atomic mass is 10.0. The van der Waals surface area contributed by atoms with Gasteiger partial charge in [-0.05, 0) is 50.1 Å². The van der Waals surface area contributed by atoms with Gasteiger partial charge in [-0.25, -0.2) is 5.43 Å². The molecule has 0 aliphatic carbocycles. The van der Waals surface area contributed by atoms with Crippen molar-refractivity contribution in [3.8, 4) is 11.5 Å². The molecule has 2 rings (SSSR count). The molecule has 1 amide bonds. The molecule has 0 radical (unpaired) electrons. The van der Waals surface area contributed by atoms with Crippen molar-refractivity contribution in [3.63, 3.8) is 0 Å². The molecule has 0 aliphatic heterocycles. The first kappa shape index (κ1) is 17.5. The molecule has 0 saturated carbocycles. The van der Waals surface area contributed by atoms with Crippen LogP contribution in [-0.4, -0.2) is 23.8 Å². The number of amides is 1. The van der Waals surface area contributed by atoms with Gasteiger partial charge in [0, 0.05) is 5.56 Å². The van der Waals surface area contributed by atoms with E-state index in [-0.39, 0.29) is 18.1 Å². The van der Waals surface area contributed by atoms with Crippen molar-refractivity contribution in [1.82, 2.24) is 5.43 Å². The molecule has 0 heterocycles. The molecule has 5 heteroatoms. The van der Waals surface area contributed by atoms with E-state index >= 15 is 0 Å². The highest BCUT2D eigenvalue weighted by molar-refractivity contribution is 5.86. The predicted octanol–water partition coefficient (Wildman–Crippen LogP) is 3.10. The first-order chi connectivity index (χ1) is 11.5. The number of hydrogen-bond acceptors (Lipinski definition) is 4. The summed E-state index contributed by atoms with van der Waals surface area (Å²) in [6.07, 6.45) is 1.66. The third kappa shape index (κ3) is 4.84. The summed E-state index contributed by atoms with van der Waals surface area (Å²) in [4.78, 5) is 12.0. The molecule has 0 spiro atoms. The van der Waals surface area contributed by atoms with Gasteiger partial charge in [0.25, 0.3) is 0 Å². The highest BCUT2D eigenvalue weighted by Gasteiger charge is 2.06. The average molecular weight is 326 g/mol. The van der Waals surface area contributed by atoms with Crippen molar-refractivity contribution >= 4 is 12.1 Å². The van der Waals surface area contributed by atoms with Gasteiger partial charge in [-0.1, -0.05) is 23.8 Å². The van der Waals surface area contributed by atoms with Crippen LogP contribution in [0.25, 0.3) is 0 Å². The standard InChI is InChI=1S/C19H22N2O3/c1-4-24-17-7-8-18(22)16(10-17)12-20-21-19(23)11-15-6-5-13(2)9-14(15)3/h5-10,12,22H,4,11H2,1-3H3,(H,21,23)/b20-12+. The summed E-state index contributed by atoms with van der Waals surface area (Å²) in [5, 5.41) is 13.7. The summed E-state index contributed by atoms with van der Waals surface area (Å²) >= 11 is 0. The Morgan fingerprint density at radius 2 is 2.04 bits per heavy atom. The maximum Gasteiger partial charge on any atom is 0.244 e. The van der Waals surface area contributed by atoms with Gasteiger partial charge in [0.1, 0.15) is 11.5 Å². The average Bonchev–Trinajstić information content (AvgIpc) is 2.53. The number of phenols is 1.